The number of allylic oxidation sites excluding steroid dienone is 2. The van der Waals surface area contributed by atoms with Gasteiger partial charge in [-0.3, -0.25) is 33.6 Å². The van der Waals surface area contributed by atoms with Crippen LogP contribution in [0.5, 0.6) is 5.75 Å². The van der Waals surface area contributed by atoms with Gasteiger partial charge in [0.05, 0.1) is 28.0 Å². The fourth-order valence-electron chi connectivity index (χ4n) is 9.57. The Labute approximate surface area is 319 Å². The van der Waals surface area contributed by atoms with E-state index in [-0.39, 0.29) is 49.0 Å². The number of benzene rings is 2. The molecule has 14 heteroatoms. The first kappa shape index (κ1) is 36.1. The summed E-state index contributed by atoms with van der Waals surface area (Å²) in [5.74, 6) is -7.92. The van der Waals surface area contributed by atoms with Gasteiger partial charge in [0.1, 0.15) is 11.5 Å². The SMILES string of the molecule is Cc1c(-c2cc(N3C(=O)[C@@H]4C[C@@H]5C(=CC[C@@H]6C(=O)N(CCCCCC(=O)O)C(=O)[C@@H]65)[C@H](c5cccc(F)c5O)[C@]4(C)C3=O)n(C)n2)sc2ccc(Cl)cc12. The topological polar surface area (TPSA) is 150 Å². The lowest BCUT2D eigenvalue weighted by molar-refractivity contribution is -0.141. The van der Waals surface area contributed by atoms with Gasteiger partial charge in [0.15, 0.2) is 11.6 Å². The molecule has 280 valence electrons. The number of imide groups is 2. The summed E-state index contributed by atoms with van der Waals surface area (Å²) in [4.78, 5) is 71.7. The van der Waals surface area contributed by atoms with Crippen molar-refractivity contribution in [3.8, 4) is 16.3 Å². The minimum absolute atomic E-state index is 0.000912. The largest absolute Gasteiger partial charge is 0.505 e. The molecule has 2 saturated heterocycles. The van der Waals surface area contributed by atoms with Crippen LogP contribution in [-0.2, 0) is 31.0 Å². The number of carboxylic acids is 1. The van der Waals surface area contributed by atoms with Crippen molar-refractivity contribution in [2.75, 3.05) is 11.4 Å². The normalized spacial score (nSPS) is 26.4. The first-order valence-corrected chi connectivity index (χ1v) is 19.3. The Kier molecular flexibility index (Phi) is 8.80. The second-order valence-electron chi connectivity index (χ2n) is 15.1. The van der Waals surface area contributed by atoms with Crippen LogP contribution in [0, 0.1) is 41.8 Å². The first-order valence-electron chi connectivity index (χ1n) is 18.1. The highest BCUT2D eigenvalue weighted by Crippen LogP contribution is 2.64. The van der Waals surface area contributed by atoms with Crippen LogP contribution in [0.3, 0.4) is 0 Å². The van der Waals surface area contributed by atoms with E-state index < -0.39 is 64.4 Å². The number of hydrogen-bond donors (Lipinski definition) is 2. The number of phenols is 1. The predicted octanol–water partition coefficient (Wildman–Crippen LogP) is 6.98. The Hall–Kier alpha value is -4.88. The molecule has 8 rings (SSSR count). The number of unbranched alkanes of at least 4 members (excludes halogenated alkanes) is 2. The molecule has 2 aliphatic heterocycles. The number of likely N-dealkylation sites (tertiary alicyclic amines) is 1. The number of para-hydroxylation sites is 1. The van der Waals surface area contributed by atoms with Gasteiger partial charge in [0.25, 0.3) is 0 Å². The van der Waals surface area contributed by atoms with E-state index in [9.17, 15) is 29.1 Å². The van der Waals surface area contributed by atoms with Crippen molar-refractivity contribution >= 4 is 68.4 Å². The predicted molar refractivity (Wildman–Crippen MR) is 199 cm³/mol. The van der Waals surface area contributed by atoms with E-state index >= 15 is 4.39 Å². The summed E-state index contributed by atoms with van der Waals surface area (Å²) in [5, 5.41) is 26.5. The van der Waals surface area contributed by atoms with Crippen molar-refractivity contribution < 1.29 is 38.6 Å². The number of anilines is 1. The number of carbonyl (C=O) groups excluding carboxylic acids is 4. The lowest BCUT2D eigenvalue weighted by atomic mass is 9.51. The van der Waals surface area contributed by atoms with Crippen molar-refractivity contribution in [1.82, 2.24) is 14.7 Å². The second-order valence-corrected chi connectivity index (χ2v) is 16.6. The second kappa shape index (κ2) is 13.2. The van der Waals surface area contributed by atoms with Gasteiger partial charge in [-0.15, -0.1) is 11.3 Å². The molecule has 4 aromatic rings. The fraction of sp³-hybridized carbons (Fsp3) is 0.400. The Morgan fingerprint density at radius 1 is 1.06 bits per heavy atom. The number of thiophene rings is 1. The van der Waals surface area contributed by atoms with Crippen molar-refractivity contribution in [2.45, 2.75) is 58.3 Å². The number of aromatic nitrogens is 2. The van der Waals surface area contributed by atoms with Crippen LogP contribution < -0.4 is 4.90 Å². The highest BCUT2D eigenvalue weighted by atomic mass is 35.5. The molecule has 4 aliphatic rings. The van der Waals surface area contributed by atoms with Gasteiger partial charge in [-0.2, -0.15) is 5.10 Å². The molecule has 6 atom stereocenters. The molecule has 2 N–H and O–H groups in total. The lowest BCUT2D eigenvalue weighted by Crippen LogP contribution is -2.49. The van der Waals surface area contributed by atoms with Gasteiger partial charge in [-0.1, -0.05) is 41.8 Å². The van der Waals surface area contributed by atoms with Crippen LogP contribution >= 0.6 is 22.9 Å². The van der Waals surface area contributed by atoms with E-state index in [1.807, 2.05) is 31.2 Å². The van der Waals surface area contributed by atoms with Crippen molar-refractivity contribution in [3.05, 3.63) is 76.1 Å². The first-order chi connectivity index (χ1) is 25.7. The highest BCUT2D eigenvalue weighted by Gasteiger charge is 2.68. The number of aliphatic carboxylic acids is 1. The van der Waals surface area contributed by atoms with E-state index in [1.54, 1.807) is 26.1 Å². The summed E-state index contributed by atoms with van der Waals surface area (Å²) in [6.45, 7) is 3.80. The fourth-order valence-corrected chi connectivity index (χ4v) is 10.9. The number of fused-ring (bicyclic) bond motifs is 5. The lowest BCUT2D eigenvalue weighted by Gasteiger charge is -2.49. The monoisotopic (exact) mass is 772 g/mol. The average Bonchev–Trinajstić information content (AvgIpc) is 3.80. The molecule has 4 heterocycles. The van der Waals surface area contributed by atoms with E-state index in [0.29, 0.717) is 35.6 Å². The zero-order valence-corrected chi connectivity index (χ0v) is 31.4. The molecule has 3 fully saturated rings. The third-order valence-electron chi connectivity index (χ3n) is 12.2. The summed E-state index contributed by atoms with van der Waals surface area (Å²) in [7, 11) is 1.66. The van der Waals surface area contributed by atoms with Crippen LogP contribution in [0.1, 0.15) is 62.5 Å². The number of nitrogens with zero attached hydrogens (tertiary/aromatic N) is 4. The summed E-state index contributed by atoms with van der Waals surface area (Å²) in [5.41, 5.74) is 0.812. The van der Waals surface area contributed by atoms with Gasteiger partial charge >= 0.3 is 5.97 Å². The van der Waals surface area contributed by atoms with Crippen molar-refractivity contribution in [3.63, 3.8) is 0 Å². The van der Waals surface area contributed by atoms with E-state index in [2.05, 4.69) is 0 Å². The molecule has 11 nitrogen and oxygen atoms in total. The Morgan fingerprint density at radius 2 is 1.83 bits per heavy atom. The van der Waals surface area contributed by atoms with E-state index in [4.69, 9.17) is 21.8 Å². The molecular weight excluding hydrogens is 735 g/mol. The Morgan fingerprint density at radius 3 is 2.59 bits per heavy atom. The zero-order chi connectivity index (χ0) is 38.4. The van der Waals surface area contributed by atoms with Crippen molar-refractivity contribution in [2.24, 2.45) is 36.1 Å². The number of aromatic hydroxyl groups is 1. The maximum absolute atomic E-state index is 15.1. The minimum atomic E-state index is -1.48. The van der Waals surface area contributed by atoms with Crippen LogP contribution in [0.25, 0.3) is 20.7 Å². The van der Waals surface area contributed by atoms with E-state index in [0.717, 1.165) is 31.5 Å². The maximum atomic E-state index is 15.1. The molecule has 2 aromatic heterocycles. The molecule has 0 spiro atoms. The molecule has 4 amide bonds. The third-order valence-corrected chi connectivity index (χ3v) is 13.7. The number of carbonyl (C=O) groups is 5. The molecule has 0 radical (unpaired) electrons. The summed E-state index contributed by atoms with van der Waals surface area (Å²) >= 11 is 7.81. The van der Waals surface area contributed by atoms with Gasteiger partial charge in [-0.05, 0) is 80.7 Å². The van der Waals surface area contributed by atoms with Crippen LogP contribution in [0.4, 0.5) is 10.2 Å². The summed E-state index contributed by atoms with van der Waals surface area (Å²) in [6.07, 6.45) is 3.58. The van der Waals surface area contributed by atoms with Crippen LogP contribution in [0.2, 0.25) is 5.02 Å². The molecule has 1 saturated carbocycles. The number of carboxylic acid groups (broad SMARTS) is 1. The summed E-state index contributed by atoms with van der Waals surface area (Å²) < 4.78 is 17.6. The maximum Gasteiger partial charge on any atom is 0.303 e. The Bertz CT molecular complexity index is 2330. The van der Waals surface area contributed by atoms with Crippen LogP contribution in [0.15, 0.2) is 54.1 Å². The number of amides is 4. The number of rotatable bonds is 9. The van der Waals surface area contributed by atoms with Crippen molar-refractivity contribution in [1.29, 1.82) is 0 Å². The number of phenolic OH excluding ortho intramolecular Hbond substituents is 1. The number of halogens is 2. The van der Waals surface area contributed by atoms with Crippen LogP contribution in [-0.4, -0.2) is 61.0 Å². The molecule has 0 bridgehead atoms. The number of hydrogen-bond acceptors (Lipinski definition) is 8. The number of aryl methyl sites for hydroxylation is 2. The van der Waals surface area contributed by atoms with Gasteiger partial charge in [-0.25, -0.2) is 9.29 Å². The van der Waals surface area contributed by atoms with Gasteiger partial charge in [0.2, 0.25) is 23.6 Å². The summed E-state index contributed by atoms with van der Waals surface area (Å²) in [6, 6.07) is 11.5. The molecule has 54 heavy (non-hydrogen) atoms. The quantitative estimate of drug-likeness (QED) is 0.105. The van der Waals surface area contributed by atoms with E-state index in [1.165, 1.54) is 27.0 Å². The van der Waals surface area contributed by atoms with Gasteiger partial charge < -0.3 is 10.2 Å². The molecule has 2 aliphatic carbocycles. The Balaban J connectivity index is 1.18. The molecule has 0 unspecified atom stereocenters. The smallest absolute Gasteiger partial charge is 0.303 e. The zero-order valence-electron chi connectivity index (χ0n) is 29.8. The minimum Gasteiger partial charge on any atom is -0.505 e. The molecule has 2 aromatic carbocycles. The highest BCUT2D eigenvalue weighted by molar-refractivity contribution is 7.22. The van der Waals surface area contributed by atoms with Gasteiger partial charge in [0, 0.05) is 47.3 Å². The third kappa shape index (κ3) is 5.33. The molecular formula is C40H38ClFN4O7S. The standard InChI is InChI=1S/C40H38ClFN4O7S/c1-19-24-16-20(41)11-14-29(24)54-35(19)28-18-30(44(3)43-28)46-37(51)26-17-25-21(33(40(26,2)39(46)53)23-8-7-9-27(42)34(23)49)12-13-22-32(25)38(52)45(36(22)50)15-6-4-5-10-31(47)48/h7-9,11-12,14,16,18,22,25-26,32-33,49H,4-6,10,13,15,17H2,1-3H3,(H,47,48)/t22-,25+,26-,32-,33+,40+/m0/s1. The average molecular weight is 773 g/mol.